The number of halogens is 1. The zero-order valence-corrected chi connectivity index (χ0v) is 15.6. The molecular weight excluding hydrogens is 348 g/mol. The Hall–Kier alpha value is -2.92. The van der Waals surface area contributed by atoms with E-state index in [0.717, 1.165) is 22.4 Å². The number of hydrogen-bond donors (Lipinski definition) is 2. The number of rotatable bonds is 4. The van der Waals surface area contributed by atoms with E-state index in [1.807, 2.05) is 45.0 Å². The summed E-state index contributed by atoms with van der Waals surface area (Å²) in [6, 6.07) is 12.9. The van der Waals surface area contributed by atoms with Crippen LogP contribution in [0.25, 0.3) is 0 Å². The predicted molar refractivity (Wildman–Crippen MR) is 105 cm³/mol. The van der Waals surface area contributed by atoms with E-state index in [-0.39, 0.29) is 11.6 Å². The van der Waals surface area contributed by atoms with Crippen molar-refractivity contribution in [3.63, 3.8) is 0 Å². The molecule has 2 aromatic carbocycles. The first-order valence-electron chi connectivity index (χ1n) is 8.18. The third kappa shape index (κ3) is 4.00. The lowest BCUT2D eigenvalue weighted by atomic mass is 10.1. The number of carbonyl (C=O) groups excluding carboxylic acids is 1. The minimum absolute atomic E-state index is 0.271. The number of nitrogens with one attached hydrogen (secondary N) is 2. The molecule has 1 amide bonds. The Labute approximate surface area is 157 Å². The van der Waals surface area contributed by atoms with Crippen LogP contribution in [-0.4, -0.2) is 15.9 Å². The molecule has 0 atom stereocenters. The second-order valence-electron chi connectivity index (χ2n) is 6.07. The molecule has 0 unspecified atom stereocenters. The lowest BCUT2D eigenvalue weighted by Gasteiger charge is -2.12. The molecule has 0 spiro atoms. The molecule has 3 rings (SSSR count). The molecule has 26 heavy (non-hydrogen) atoms. The van der Waals surface area contributed by atoms with E-state index in [0.29, 0.717) is 16.7 Å². The molecule has 132 valence electrons. The van der Waals surface area contributed by atoms with Crippen LogP contribution in [0, 0.1) is 20.8 Å². The number of nitrogens with zero attached hydrogens (tertiary/aromatic N) is 2. The normalized spacial score (nSPS) is 10.5. The van der Waals surface area contributed by atoms with Crippen molar-refractivity contribution < 1.29 is 4.79 Å². The number of amides is 1. The molecule has 0 aliphatic heterocycles. The fourth-order valence-electron chi connectivity index (χ4n) is 2.58. The lowest BCUT2D eigenvalue weighted by Crippen LogP contribution is -2.15. The summed E-state index contributed by atoms with van der Waals surface area (Å²) >= 11 is 6.00. The van der Waals surface area contributed by atoms with E-state index in [2.05, 4.69) is 20.6 Å². The van der Waals surface area contributed by atoms with Crippen molar-refractivity contribution in [2.24, 2.45) is 0 Å². The van der Waals surface area contributed by atoms with Crippen molar-refractivity contribution in [2.75, 3.05) is 10.6 Å². The average molecular weight is 367 g/mol. The second-order valence-corrected chi connectivity index (χ2v) is 6.51. The van der Waals surface area contributed by atoms with Crippen molar-refractivity contribution in [1.82, 2.24) is 9.97 Å². The molecule has 0 aliphatic carbocycles. The van der Waals surface area contributed by atoms with Gasteiger partial charge in [0, 0.05) is 22.6 Å². The lowest BCUT2D eigenvalue weighted by molar-refractivity contribution is 0.102. The van der Waals surface area contributed by atoms with Gasteiger partial charge in [-0.1, -0.05) is 35.9 Å². The predicted octanol–water partition coefficient (Wildman–Crippen LogP) is 5.05. The van der Waals surface area contributed by atoms with Crippen molar-refractivity contribution in [1.29, 1.82) is 0 Å². The third-order valence-corrected chi connectivity index (χ3v) is 4.29. The summed E-state index contributed by atoms with van der Waals surface area (Å²) in [5, 5.41) is 6.60. The molecule has 3 aromatic rings. The Bertz CT molecular complexity index is 952. The summed E-state index contributed by atoms with van der Waals surface area (Å²) in [6.45, 7) is 5.92. The van der Waals surface area contributed by atoms with E-state index < -0.39 is 0 Å². The molecular formula is C20H19ClN4O. The Kier molecular flexibility index (Phi) is 5.19. The van der Waals surface area contributed by atoms with Gasteiger partial charge in [-0.15, -0.1) is 0 Å². The molecule has 1 heterocycles. The van der Waals surface area contributed by atoms with Crippen molar-refractivity contribution >= 4 is 34.8 Å². The van der Waals surface area contributed by atoms with Crippen molar-refractivity contribution in [2.45, 2.75) is 20.8 Å². The maximum absolute atomic E-state index is 12.5. The minimum Gasteiger partial charge on any atom is -0.324 e. The molecule has 5 nitrogen and oxygen atoms in total. The number of anilines is 3. The Morgan fingerprint density at radius 2 is 1.73 bits per heavy atom. The van der Waals surface area contributed by atoms with Gasteiger partial charge in [0.25, 0.3) is 5.91 Å². The van der Waals surface area contributed by atoms with Crippen LogP contribution in [0.3, 0.4) is 0 Å². The second kappa shape index (κ2) is 7.54. The van der Waals surface area contributed by atoms with E-state index >= 15 is 0 Å². The number of aromatic nitrogens is 2. The maximum Gasteiger partial charge on any atom is 0.274 e. The van der Waals surface area contributed by atoms with Gasteiger partial charge < -0.3 is 10.6 Å². The molecule has 0 radical (unpaired) electrons. The molecule has 2 N–H and O–H groups in total. The SMILES string of the molecule is Cc1ccc(Cl)cc1NC(=O)c1ccnc(Nc2c(C)cccc2C)n1. The quantitative estimate of drug-likeness (QED) is 0.678. The van der Waals surface area contributed by atoms with Gasteiger partial charge in [-0.25, -0.2) is 9.97 Å². The largest absolute Gasteiger partial charge is 0.324 e. The van der Waals surface area contributed by atoms with E-state index in [4.69, 9.17) is 11.6 Å². The molecule has 0 saturated carbocycles. The monoisotopic (exact) mass is 366 g/mol. The van der Waals surface area contributed by atoms with Crippen LogP contribution >= 0.6 is 11.6 Å². The minimum atomic E-state index is -0.317. The highest BCUT2D eigenvalue weighted by Crippen LogP contribution is 2.23. The number of carbonyl (C=O) groups is 1. The van der Waals surface area contributed by atoms with Gasteiger partial charge in [-0.3, -0.25) is 4.79 Å². The molecule has 0 fully saturated rings. The van der Waals surface area contributed by atoms with Crippen LogP contribution in [0.15, 0.2) is 48.7 Å². The Balaban J connectivity index is 1.83. The number of para-hydroxylation sites is 1. The molecule has 0 bridgehead atoms. The summed E-state index contributed by atoms with van der Waals surface area (Å²) in [5.74, 6) is 0.0557. The van der Waals surface area contributed by atoms with Crippen LogP contribution in [0.4, 0.5) is 17.3 Å². The fraction of sp³-hybridized carbons (Fsp3) is 0.150. The third-order valence-electron chi connectivity index (χ3n) is 4.05. The van der Waals surface area contributed by atoms with Crippen LogP contribution in [0.5, 0.6) is 0 Å². The number of benzene rings is 2. The summed E-state index contributed by atoms with van der Waals surface area (Å²) in [6.07, 6.45) is 1.56. The van der Waals surface area contributed by atoms with Crippen LogP contribution in [0.2, 0.25) is 5.02 Å². The Morgan fingerprint density at radius 3 is 2.46 bits per heavy atom. The first-order chi connectivity index (χ1) is 12.4. The standard InChI is InChI=1S/C20H19ClN4O/c1-12-7-8-15(21)11-17(12)23-19(26)16-9-10-22-20(24-16)25-18-13(2)5-4-6-14(18)3/h4-11H,1-3H3,(H,23,26)(H,22,24,25). The van der Waals surface area contributed by atoms with Crippen molar-refractivity contribution in [3.8, 4) is 0 Å². The molecule has 0 saturated heterocycles. The fourth-order valence-corrected chi connectivity index (χ4v) is 2.76. The van der Waals surface area contributed by atoms with Gasteiger partial charge in [-0.2, -0.15) is 0 Å². The highest BCUT2D eigenvalue weighted by molar-refractivity contribution is 6.31. The van der Waals surface area contributed by atoms with E-state index in [1.54, 1.807) is 24.4 Å². The zero-order valence-electron chi connectivity index (χ0n) is 14.8. The summed E-state index contributed by atoms with van der Waals surface area (Å²) in [4.78, 5) is 21.1. The average Bonchev–Trinajstić information content (AvgIpc) is 2.62. The van der Waals surface area contributed by atoms with Gasteiger partial charge in [0.05, 0.1) is 0 Å². The highest BCUT2D eigenvalue weighted by Gasteiger charge is 2.12. The van der Waals surface area contributed by atoms with E-state index in [1.165, 1.54) is 0 Å². The maximum atomic E-state index is 12.5. The highest BCUT2D eigenvalue weighted by atomic mass is 35.5. The first-order valence-corrected chi connectivity index (χ1v) is 8.55. The number of aryl methyl sites for hydroxylation is 3. The van der Waals surface area contributed by atoms with Crippen LogP contribution in [-0.2, 0) is 0 Å². The van der Waals surface area contributed by atoms with Gasteiger partial charge in [0.2, 0.25) is 5.95 Å². The summed E-state index contributed by atoms with van der Waals surface area (Å²) in [7, 11) is 0. The van der Waals surface area contributed by atoms with Crippen molar-refractivity contribution in [3.05, 3.63) is 76.1 Å². The van der Waals surface area contributed by atoms with E-state index in [9.17, 15) is 4.79 Å². The zero-order chi connectivity index (χ0) is 18.7. The van der Waals surface area contributed by atoms with Crippen LogP contribution in [0.1, 0.15) is 27.2 Å². The number of hydrogen-bond acceptors (Lipinski definition) is 4. The molecule has 6 heteroatoms. The summed E-state index contributed by atoms with van der Waals surface area (Å²) in [5.41, 5.74) is 4.95. The summed E-state index contributed by atoms with van der Waals surface area (Å²) < 4.78 is 0. The Morgan fingerprint density at radius 1 is 1.00 bits per heavy atom. The molecule has 0 aliphatic rings. The molecule has 1 aromatic heterocycles. The van der Waals surface area contributed by atoms with Gasteiger partial charge in [0.15, 0.2) is 0 Å². The van der Waals surface area contributed by atoms with Crippen LogP contribution < -0.4 is 10.6 Å². The van der Waals surface area contributed by atoms with Gasteiger partial charge in [0.1, 0.15) is 5.69 Å². The topological polar surface area (TPSA) is 66.9 Å². The smallest absolute Gasteiger partial charge is 0.274 e. The van der Waals surface area contributed by atoms with Gasteiger partial charge >= 0.3 is 0 Å². The van der Waals surface area contributed by atoms with Gasteiger partial charge in [-0.05, 0) is 55.7 Å². The first kappa shape index (κ1) is 17.9.